The molecule has 2 aromatic carbocycles. The normalized spacial score (nSPS) is 14.7. The Morgan fingerprint density at radius 1 is 1.15 bits per heavy atom. The van der Waals surface area contributed by atoms with Crippen molar-refractivity contribution in [3.05, 3.63) is 64.6 Å². The largest absolute Gasteiger partial charge is 0.420 e. The molecule has 1 unspecified atom stereocenters. The quantitative estimate of drug-likeness (QED) is 0.727. The highest BCUT2D eigenvalue weighted by molar-refractivity contribution is 5.98. The number of oxazole rings is 1. The van der Waals surface area contributed by atoms with E-state index in [1.807, 2.05) is 0 Å². The summed E-state index contributed by atoms with van der Waals surface area (Å²) in [7, 11) is 0. The van der Waals surface area contributed by atoms with Gasteiger partial charge >= 0.3 is 5.76 Å². The SMILES string of the molecule is CC(C(=O)Nc1cccc(C(=O)NC2CC2)c1)n1c(=O)oc2ccccc21. The van der Waals surface area contributed by atoms with E-state index in [1.54, 1.807) is 55.5 Å². The minimum Gasteiger partial charge on any atom is -0.408 e. The minimum atomic E-state index is -0.773. The van der Waals surface area contributed by atoms with Crippen molar-refractivity contribution >= 4 is 28.6 Å². The first kappa shape index (κ1) is 17.1. The van der Waals surface area contributed by atoms with Gasteiger partial charge in [-0.1, -0.05) is 18.2 Å². The van der Waals surface area contributed by atoms with Crippen LogP contribution in [0.2, 0.25) is 0 Å². The molecule has 1 aliphatic rings. The van der Waals surface area contributed by atoms with E-state index in [-0.39, 0.29) is 17.9 Å². The third kappa shape index (κ3) is 3.48. The monoisotopic (exact) mass is 365 g/mol. The van der Waals surface area contributed by atoms with Gasteiger partial charge in [0.05, 0.1) is 5.52 Å². The number of aromatic nitrogens is 1. The molecule has 1 aliphatic carbocycles. The third-order valence-corrected chi connectivity index (χ3v) is 4.59. The molecule has 0 aliphatic heterocycles. The summed E-state index contributed by atoms with van der Waals surface area (Å²) in [6, 6.07) is 13.2. The number of para-hydroxylation sites is 2. The number of anilines is 1. The van der Waals surface area contributed by atoms with Crippen LogP contribution in [0.15, 0.2) is 57.7 Å². The minimum absolute atomic E-state index is 0.154. The maximum absolute atomic E-state index is 12.7. The second kappa shape index (κ2) is 6.75. The predicted molar refractivity (Wildman–Crippen MR) is 101 cm³/mol. The fourth-order valence-electron chi connectivity index (χ4n) is 2.95. The molecule has 4 rings (SSSR count). The molecule has 2 N–H and O–H groups in total. The highest BCUT2D eigenvalue weighted by atomic mass is 16.4. The molecule has 0 spiro atoms. The predicted octanol–water partition coefficient (Wildman–Crippen LogP) is 2.69. The molecule has 2 amide bonds. The van der Waals surface area contributed by atoms with E-state index < -0.39 is 11.8 Å². The van der Waals surface area contributed by atoms with Crippen LogP contribution in [0.5, 0.6) is 0 Å². The van der Waals surface area contributed by atoms with E-state index in [2.05, 4.69) is 10.6 Å². The first-order valence-corrected chi connectivity index (χ1v) is 8.85. The van der Waals surface area contributed by atoms with Crippen molar-refractivity contribution in [3.63, 3.8) is 0 Å². The first-order valence-electron chi connectivity index (χ1n) is 8.85. The van der Waals surface area contributed by atoms with Crippen molar-refractivity contribution in [1.82, 2.24) is 9.88 Å². The lowest BCUT2D eigenvalue weighted by atomic mass is 10.1. The first-order chi connectivity index (χ1) is 13.0. The summed E-state index contributed by atoms with van der Waals surface area (Å²) in [6.45, 7) is 1.63. The fraction of sp³-hybridized carbons (Fsp3) is 0.250. The zero-order chi connectivity index (χ0) is 19.0. The van der Waals surface area contributed by atoms with E-state index in [9.17, 15) is 14.4 Å². The lowest BCUT2D eigenvalue weighted by molar-refractivity contribution is -0.118. The second-order valence-corrected chi connectivity index (χ2v) is 6.70. The van der Waals surface area contributed by atoms with Crippen LogP contribution in [0.25, 0.3) is 11.1 Å². The van der Waals surface area contributed by atoms with Gasteiger partial charge in [-0.15, -0.1) is 0 Å². The Kier molecular flexibility index (Phi) is 4.27. The van der Waals surface area contributed by atoms with Gasteiger partial charge in [0.25, 0.3) is 5.91 Å². The molecule has 1 atom stereocenters. The number of fused-ring (bicyclic) bond motifs is 1. The fourth-order valence-corrected chi connectivity index (χ4v) is 2.95. The van der Waals surface area contributed by atoms with Crippen LogP contribution in [-0.2, 0) is 4.79 Å². The van der Waals surface area contributed by atoms with Crippen molar-refractivity contribution < 1.29 is 14.0 Å². The number of amides is 2. The smallest absolute Gasteiger partial charge is 0.408 e. The van der Waals surface area contributed by atoms with Gasteiger partial charge in [-0.05, 0) is 50.1 Å². The molecule has 0 saturated heterocycles. The number of nitrogens with one attached hydrogen (secondary N) is 2. The van der Waals surface area contributed by atoms with Crippen LogP contribution >= 0.6 is 0 Å². The highest BCUT2D eigenvalue weighted by Crippen LogP contribution is 2.21. The summed E-state index contributed by atoms with van der Waals surface area (Å²) in [5.41, 5.74) is 1.97. The van der Waals surface area contributed by atoms with E-state index in [0.717, 1.165) is 12.8 Å². The van der Waals surface area contributed by atoms with E-state index in [1.165, 1.54) is 4.57 Å². The Bertz CT molecular complexity index is 1080. The standard InChI is InChI=1S/C20H19N3O4/c1-12(23-16-7-2-3-8-17(16)27-20(23)26)18(24)22-15-6-4-5-13(11-15)19(25)21-14-9-10-14/h2-8,11-12,14H,9-10H2,1H3,(H,21,25)(H,22,24). The maximum Gasteiger partial charge on any atom is 0.420 e. The molecular formula is C20H19N3O4. The van der Waals surface area contributed by atoms with Crippen molar-refractivity contribution in [3.8, 4) is 0 Å². The topological polar surface area (TPSA) is 93.3 Å². The number of rotatable bonds is 5. The summed E-state index contributed by atoms with van der Waals surface area (Å²) in [5, 5.41) is 5.68. The maximum atomic E-state index is 12.7. The van der Waals surface area contributed by atoms with Crippen LogP contribution in [0.1, 0.15) is 36.2 Å². The summed E-state index contributed by atoms with van der Waals surface area (Å²) in [6.07, 6.45) is 2.01. The number of hydrogen-bond acceptors (Lipinski definition) is 4. The van der Waals surface area contributed by atoms with Crippen LogP contribution in [0.3, 0.4) is 0 Å². The molecule has 1 fully saturated rings. The van der Waals surface area contributed by atoms with Gasteiger partial charge < -0.3 is 15.1 Å². The van der Waals surface area contributed by atoms with Crippen molar-refractivity contribution in [2.75, 3.05) is 5.32 Å². The van der Waals surface area contributed by atoms with Crippen LogP contribution in [0, 0.1) is 0 Å². The molecule has 0 radical (unpaired) electrons. The Morgan fingerprint density at radius 3 is 2.70 bits per heavy atom. The zero-order valence-electron chi connectivity index (χ0n) is 14.8. The second-order valence-electron chi connectivity index (χ2n) is 6.70. The number of carbonyl (C=O) groups is 2. The van der Waals surface area contributed by atoms with Crippen molar-refractivity contribution in [2.45, 2.75) is 31.8 Å². The van der Waals surface area contributed by atoms with Crippen molar-refractivity contribution in [1.29, 1.82) is 0 Å². The molecule has 3 aromatic rings. The zero-order valence-corrected chi connectivity index (χ0v) is 14.8. The van der Waals surface area contributed by atoms with E-state index in [0.29, 0.717) is 22.4 Å². The van der Waals surface area contributed by atoms with Gasteiger partial charge in [-0.25, -0.2) is 4.79 Å². The van der Waals surface area contributed by atoms with Gasteiger partial charge in [-0.3, -0.25) is 14.2 Å². The molecule has 7 nitrogen and oxygen atoms in total. The van der Waals surface area contributed by atoms with Gasteiger partial charge in [0.2, 0.25) is 5.91 Å². The number of nitrogens with zero attached hydrogens (tertiary/aromatic N) is 1. The molecular weight excluding hydrogens is 346 g/mol. The Labute approximate surface area is 155 Å². The lowest BCUT2D eigenvalue weighted by Crippen LogP contribution is -2.29. The molecule has 27 heavy (non-hydrogen) atoms. The summed E-state index contributed by atoms with van der Waals surface area (Å²) in [4.78, 5) is 37.0. The average molecular weight is 365 g/mol. The Morgan fingerprint density at radius 2 is 1.93 bits per heavy atom. The molecule has 0 bridgehead atoms. The Hall–Kier alpha value is -3.35. The van der Waals surface area contributed by atoms with Crippen LogP contribution in [0.4, 0.5) is 5.69 Å². The molecule has 1 saturated carbocycles. The van der Waals surface area contributed by atoms with Crippen LogP contribution in [-0.4, -0.2) is 22.4 Å². The lowest BCUT2D eigenvalue weighted by Gasteiger charge is -2.14. The third-order valence-electron chi connectivity index (χ3n) is 4.59. The molecule has 1 heterocycles. The summed E-state index contributed by atoms with van der Waals surface area (Å²) < 4.78 is 6.50. The van der Waals surface area contributed by atoms with Gasteiger partial charge in [0.1, 0.15) is 6.04 Å². The molecule has 138 valence electrons. The molecule has 1 aromatic heterocycles. The van der Waals surface area contributed by atoms with Crippen LogP contribution < -0.4 is 16.4 Å². The average Bonchev–Trinajstić information content (AvgIpc) is 3.41. The summed E-state index contributed by atoms with van der Waals surface area (Å²) in [5.74, 6) is -1.11. The van der Waals surface area contributed by atoms with E-state index >= 15 is 0 Å². The van der Waals surface area contributed by atoms with E-state index in [4.69, 9.17) is 4.42 Å². The van der Waals surface area contributed by atoms with Gasteiger partial charge in [0, 0.05) is 17.3 Å². The van der Waals surface area contributed by atoms with Gasteiger partial charge in [-0.2, -0.15) is 0 Å². The molecule has 7 heteroatoms. The van der Waals surface area contributed by atoms with Crippen molar-refractivity contribution in [2.24, 2.45) is 0 Å². The summed E-state index contributed by atoms with van der Waals surface area (Å²) >= 11 is 0. The number of hydrogen-bond donors (Lipinski definition) is 2. The Balaban J connectivity index is 1.54. The number of benzene rings is 2. The highest BCUT2D eigenvalue weighted by Gasteiger charge is 2.24. The van der Waals surface area contributed by atoms with Gasteiger partial charge in [0.15, 0.2) is 5.58 Å². The number of carbonyl (C=O) groups excluding carboxylic acids is 2.